The Balaban J connectivity index is 2.21. The van der Waals surface area contributed by atoms with Crippen LogP contribution in [0.2, 0.25) is 0 Å². The summed E-state index contributed by atoms with van der Waals surface area (Å²) >= 11 is 0. The molecule has 0 spiro atoms. The monoisotopic (exact) mass is 237 g/mol. The van der Waals surface area contributed by atoms with Crippen LogP contribution in [-0.2, 0) is 0 Å². The fourth-order valence-corrected chi connectivity index (χ4v) is 1.98. The predicted molar refractivity (Wildman–Crippen MR) is 71.6 cm³/mol. The molecule has 0 fully saturated rings. The second-order valence-electron chi connectivity index (χ2n) is 4.61. The average Bonchev–Trinajstić information content (AvgIpc) is 2.34. The van der Waals surface area contributed by atoms with Crippen molar-refractivity contribution in [3.05, 3.63) is 35.6 Å². The van der Waals surface area contributed by atoms with Gasteiger partial charge in [0.2, 0.25) is 0 Å². The summed E-state index contributed by atoms with van der Waals surface area (Å²) in [7, 11) is 0. The molecule has 1 aromatic carbocycles. The molecule has 0 aliphatic heterocycles. The number of halogens is 1. The number of nitrogens with one attached hydrogen (secondary N) is 1. The molecule has 1 atom stereocenters. The van der Waals surface area contributed by atoms with Crippen molar-refractivity contribution in [3.63, 3.8) is 0 Å². The third-order valence-electron chi connectivity index (χ3n) is 3.10. The van der Waals surface area contributed by atoms with Crippen LogP contribution in [0.1, 0.15) is 57.6 Å². The first-order chi connectivity index (χ1) is 8.25. The summed E-state index contributed by atoms with van der Waals surface area (Å²) in [5, 5.41) is 3.38. The lowest BCUT2D eigenvalue weighted by Crippen LogP contribution is -2.20. The van der Waals surface area contributed by atoms with Crippen LogP contribution in [-0.4, -0.2) is 6.54 Å². The molecule has 0 saturated heterocycles. The lowest BCUT2D eigenvalue weighted by Gasteiger charge is -2.14. The Labute approximate surface area is 104 Å². The Morgan fingerprint density at radius 2 is 1.82 bits per heavy atom. The largest absolute Gasteiger partial charge is 0.310 e. The minimum atomic E-state index is -0.113. The van der Waals surface area contributed by atoms with Crippen LogP contribution in [0.3, 0.4) is 0 Å². The number of benzene rings is 1. The van der Waals surface area contributed by atoms with Gasteiger partial charge in [-0.15, -0.1) is 0 Å². The number of rotatable bonds is 8. The van der Waals surface area contributed by atoms with Crippen LogP contribution >= 0.6 is 0 Å². The first-order valence-corrected chi connectivity index (χ1v) is 6.73. The molecule has 1 rings (SSSR count). The van der Waals surface area contributed by atoms with Crippen molar-refractivity contribution in [2.45, 2.75) is 52.0 Å². The fraction of sp³-hybridized carbons (Fsp3) is 0.600. The Bertz CT molecular complexity index is 312. The van der Waals surface area contributed by atoms with E-state index in [1.54, 1.807) is 6.07 Å². The molecule has 0 heterocycles. The lowest BCUT2D eigenvalue weighted by atomic mass is 10.1. The van der Waals surface area contributed by atoms with E-state index in [1.165, 1.54) is 38.2 Å². The Morgan fingerprint density at radius 3 is 2.53 bits per heavy atom. The molecule has 1 N–H and O–H groups in total. The molecule has 0 bridgehead atoms. The summed E-state index contributed by atoms with van der Waals surface area (Å²) in [4.78, 5) is 0. The fourth-order valence-electron chi connectivity index (χ4n) is 1.98. The summed E-state index contributed by atoms with van der Waals surface area (Å²) in [6.07, 6.45) is 6.36. The van der Waals surface area contributed by atoms with E-state index in [1.807, 2.05) is 19.1 Å². The van der Waals surface area contributed by atoms with Crippen molar-refractivity contribution in [2.75, 3.05) is 6.54 Å². The highest BCUT2D eigenvalue weighted by molar-refractivity contribution is 5.20. The Kier molecular flexibility index (Phi) is 6.87. The van der Waals surface area contributed by atoms with Crippen LogP contribution in [0.5, 0.6) is 0 Å². The van der Waals surface area contributed by atoms with Gasteiger partial charge in [-0.3, -0.25) is 0 Å². The molecular weight excluding hydrogens is 213 g/mol. The van der Waals surface area contributed by atoms with E-state index in [2.05, 4.69) is 12.2 Å². The second kappa shape index (κ2) is 8.24. The van der Waals surface area contributed by atoms with Crippen molar-refractivity contribution in [3.8, 4) is 0 Å². The van der Waals surface area contributed by atoms with Gasteiger partial charge in [0, 0.05) is 11.6 Å². The zero-order valence-electron chi connectivity index (χ0n) is 11.0. The highest BCUT2D eigenvalue weighted by Crippen LogP contribution is 2.15. The SMILES string of the molecule is CCCCCCCN[C@H](C)c1ccccc1F. The summed E-state index contributed by atoms with van der Waals surface area (Å²) in [6, 6.07) is 7.09. The van der Waals surface area contributed by atoms with Gasteiger partial charge >= 0.3 is 0 Å². The summed E-state index contributed by atoms with van der Waals surface area (Å²) in [5.41, 5.74) is 0.765. The maximum absolute atomic E-state index is 13.5. The summed E-state index contributed by atoms with van der Waals surface area (Å²) in [6.45, 7) is 5.21. The smallest absolute Gasteiger partial charge is 0.127 e. The standard InChI is InChI=1S/C15H24FN/c1-3-4-5-6-9-12-17-13(2)14-10-7-8-11-15(14)16/h7-8,10-11,13,17H,3-6,9,12H2,1-2H3/t13-/m1/s1. The first-order valence-electron chi connectivity index (χ1n) is 6.73. The van der Waals surface area contributed by atoms with Gasteiger partial charge < -0.3 is 5.32 Å². The van der Waals surface area contributed by atoms with Gasteiger partial charge in [-0.05, 0) is 26.0 Å². The molecule has 0 amide bonds. The topological polar surface area (TPSA) is 12.0 Å². The lowest BCUT2D eigenvalue weighted by molar-refractivity contribution is 0.507. The van der Waals surface area contributed by atoms with Gasteiger partial charge in [-0.2, -0.15) is 0 Å². The van der Waals surface area contributed by atoms with E-state index in [4.69, 9.17) is 0 Å². The van der Waals surface area contributed by atoms with Crippen molar-refractivity contribution < 1.29 is 4.39 Å². The summed E-state index contributed by atoms with van der Waals surface area (Å²) in [5.74, 6) is -0.113. The third-order valence-corrected chi connectivity index (χ3v) is 3.10. The van der Waals surface area contributed by atoms with Gasteiger partial charge in [-0.25, -0.2) is 4.39 Å². The Morgan fingerprint density at radius 1 is 1.12 bits per heavy atom. The van der Waals surface area contributed by atoms with E-state index in [0.29, 0.717) is 0 Å². The molecule has 0 saturated carbocycles. The molecule has 0 aliphatic rings. The number of hydrogen-bond donors (Lipinski definition) is 1. The van der Waals surface area contributed by atoms with E-state index < -0.39 is 0 Å². The van der Waals surface area contributed by atoms with Crippen molar-refractivity contribution in [2.24, 2.45) is 0 Å². The van der Waals surface area contributed by atoms with Crippen LogP contribution < -0.4 is 5.32 Å². The van der Waals surface area contributed by atoms with Crippen LogP contribution in [0.4, 0.5) is 4.39 Å². The molecule has 96 valence electrons. The van der Waals surface area contributed by atoms with Crippen molar-refractivity contribution >= 4 is 0 Å². The number of unbranched alkanes of at least 4 members (excludes halogenated alkanes) is 4. The number of hydrogen-bond acceptors (Lipinski definition) is 1. The van der Waals surface area contributed by atoms with Gasteiger partial charge in [-0.1, -0.05) is 50.8 Å². The van der Waals surface area contributed by atoms with Crippen LogP contribution in [0, 0.1) is 5.82 Å². The molecule has 0 aromatic heterocycles. The molecule has 17 heavy (non-hydrogen) atoms. The minimum absolute atomic E-state index is 0.0994. The second-order valence-corrected chi connectivity index (χ2v) is 4.61. The minimum Gasteiger partial charge on any atom is -0.310 e. The molecule has 0 radical (unpaired) electrons. The molecule has 0 aliphatic carbocycles. The third kappa shape index (κ3) is 5.31. The molecular formula is C15H24FN. The maximum atomic E-state index is 13.5. The molecule has 1 aromatic rings. The van der Waals surface area contributed by atoms with Crippen LogP contribution in [0.15, 0.2) is 24.3 Å². The highest BCUT2D eigenvalue weighted by Gasteiger charge is 2.08. The quantitative estimate of drug-likeness (QED) is 0.659. The highest BCUT2D eigenvalue weighted by atomic mass is 19.1. The Hall–Kier alpha value is -0.890. The first kappa shape index (κ1) is 14.2. The van der Waals surface area contributed by atoms with Crippen molar-refractivity contribution in [1.82, 2.24) is 5.32 Å². The normalized spacial score (nSPS) is 12.6. The van der Waals surface area contributed by atoms with Gasteiger partial charge in [0.05, 0.1) is 0 Å². The van der Waals surface area contributed by atoms with E-state index in [-0.39, 0.29) is 11.9 Å². The van der Waals surface area contributed by atoms with Gasteiger partial charge in [0.15, 0.2) is 0 Å². The average molecular weight is 237 g/mol. The molecule has 2 heteroatoms. The van der Waals surface area contributed by atoms with E-state index >= 15 is 0 Å². The summed E-state index contributed by atoms with van der Waals surface area (Å²) < 4.78 is 13.5. The van der Waals surface area contributed by atoms with Gasteiger partial charge in [0.1, 0.15) is 5.82 Å². The zero-order valence-corrected chi connectivity index (χ0v) is 11.0. The van der Waals surface area contributed by atoms with E-state index in [0.717, 1.165) is 12.1 Å². The van der Waals surface area contributed by atoms with Crippen molar-refractivity contribution in [1.29, 1.82) is 0 Å². The predicted octanol–water partition coefficient (Wildman–Crippen LogP) is 4.45. The van der Waals surface area contributed by atoms with Crippen LogP contribution in [0.25, 0.3) is 0 Å². The molecule has 0 unspecified atom stereocenters. The maximum Gasteiger partial charge on any atom is 0.127 e. The van der Waals surface area contributed by atoms with Gasteiger partial charge in [0.25, 0.3) is 0 Å². The van der Waals surface area contributed by atoms with E-state index in [9.17, 15) is 4.39 Å². The zero-order chi connectivity index (χ0) is 12.5. The molecule has 1 nitrogen and oxygen atoms in total.